The van der Waals surface area contributed by atoms with Gasteiger partial charge in [0.2, 0.25) is 0 Å². The van der Waals surface area contributed by atoms with Crippen molar-refractivity contribution in [3.63, 3.8) is 0 Å². The van der Waals surface area contributed by atoms with Gasteiger partial charge in [0.1, 0.15) is 0 Å². The van der Waals surface area contributed by atoms with Crippen molar-refractivity contribution in [2.75, 3.05) is 0 Å². The topological polar surface area (TPSA) is 18.5 Å². The Balaban J connectivity index is 1.92. The third-order valence-corrected chi connectivity index (χ3v) is 2.63. The zero-order valence-electron chi connectivity index (χ0n) is 7.08. The Morgan fingerprint density at radius 2 is 1.73 bits per heavy atom. The third kappa shape index (κ3) is 1.45. The maximum Gasteiger partial charge on any atom is 0.457 e. The van der Waals surface area contributed by atoms with Crippen LogP contribution in [0.3, 0.4) is 0 Å². The van der Waals surface area contributed by atoms with E-state index in [0.717, 1.165) is 6.32 Å². The molecule has 0 spiro atoms. The van der Waals surface area contributed by atoms with E-state index < -0.39 is 0 Å². The average molecular weight is 154 g/mol. The molecular formula is C8H15BO2. The first kappa shape index (κ1) is 7.62. The van der Waals surface area contributed by atoms with E-state index in [1.165, 1.54) is 25.7 Å². The molecule has 2 atom stereocenters. The molecule has 11 heavy (non-hydrogen) atoms. The number of hydrogen-bond donors (Lipinski definition) is 0. The first-order valence-corrected chi connectivity index (χ1v) is 4.71. The van der Waals surface area contributed by atoms with Crippen molar-refractivity contribution in [3.8, 4) is 0 Å². The van der Waals surface area contributed by atoms with Crippen LogP contribution >= 0.6 is 0 Å². The molecule has 0 bridgehead atoms. The van der Waals surface area contributed by atoms with Gasteiger partial charge in [-0.05, 0) is 19.2 Å². The standard InChI is InChI=1S/C8H15BO2/c1-2-9-10-7-5-3-4-6-8(7)11-9/h7-8H,2-6H2,1H3/t7-,8+. The predicted octanol–water partition coefficient (Wildman–Crippen LogP) is 1.85. The minimum absolute atomic E-state index is 0.100. The second-order valence-electron chi connectivity index (χ2n) is 3.47. The lowest BCUT2D eigenvalue weighted by molar-refractivity contribution is 0.110. The highest BCUT2D eigenvalue weighted by atomic mass is 16.7. The van der Waals surface area contributed by atoms with Crippen LogP contribution in [-0.2, 0) is 9.31 Å². The normalized spacial score (nSPS) is 37.4. The second-order valence-corrected chi connectivity index (χ2v) is 3.47. The predicted molar refractivity (Wildman–Crippen MR) is 44.4 cm³/mol. The number of hydrogen-bond acceptors (Lipinski definition) is 2. The third-order valence-electron chi connectivity index (χ3n) is 2.63. The summed E-state index contributed by atoms with van der Waals surface area (Å²) in [6.45, 7) is 2.11. The van der Waals surface area contributed by atoms with Gasteiger partial charge in [-0.3, -0.25) is 0 Å². The summed E-state index contributed by atoms with van der Waals surface area (Å²) in [5.74, 6) is 0. The van der Waals surface area contributed by atoms with Crippen LogP contribution in [0.4, 0.5) is 0 Å². The van der Waals surface area contributed by atoms with Crippen molar-refractivity contribution in [1.82, 2.24) is 0 Å². The molecule has 1 aliphatic heterocycles. The Labute approximate surface area is 68.4 Å². The van der Waals surface area contributed by atoms with Gasteiger partial charge in [-0.1, -0.05) is 19.8 Å². The Bertz CT molecular complexity index is 126. The Hall–Kier alpha value is -0.0151. The zero-order chi connectivity index (χ0) is 7.68. The van der Waals surface area contributed by atoms with Crippen molar-refractivity contribution < 1.29 is 9.31 Å². The highest BCUT2D eigenvalue weighted by Gasteiger charge is 2.39. The van der Waals surface area contributed by atoms with Crippen LogP contribution in [0.5, 0.6) is 0 Å². The maximum atomic E-state index is 5.69. The highest BCUT2D eigenvalue weighted by molar-refractivity contribution is 6.45. The summed E-state index contributed by atoms with van der Waals surface area (Å²) in [6.07, 6.45) is 6.90. The zero-order valence-corrected chi connectivity index (χ0v) is 7.08. The van der Waals surface area contributed by atoms with Crippen LogP contribution in [0.15, 0.2) is 0 Å². The van der Waals surface area contributed by atoms with E-state index in [9.17, 15) is 0 Å². The summed E-state index contributed by atoms with van der Waals surface area (Å²) < 4.78 is 11.4. The van der Waals surface area contributed by atoms with Gasteiger partial charge in [0.05, 0.1) is 12.2 Å². The minimum Gasteiger partial charge on any atom is -0.406 e. The van der Waals surface area contributed by atoms with E-state index in [1.807, 2.05) is 0 Å². The molecule has 1 aliphatic carbocycles. The molecule has 0 aromatic carbocycles. The Morgan fingerprint density at radius 3 is 2.18 bits per heavy atom. The minimum atomic E-state index is 0.100. The molecule has 1 heterocycles. The molecule has 3 heteroatoms. The van der Waals surface area contributed by atoms with Crippen LogP contribution in [0.25, 0.3) is 0 Å². The van der Waals surface area contributed by atoms with E-state index in [2.05, 4.69) is 6.92 Å². The summed E-state index contributed by atoms with van der Waals surface area (Å²) in [7, 11) is 0.100. The van der Waals surface area contributed by atoms with Gasteiger partial charge in [-0.2, -0.15) is 0 Å². The summed E-state index contributed by atoms with van der Waals surface area (Å²) in [4.78, 5) is 0. The molecule has 1 saturated carbocycles. The summed E-state index contributed by atoms with van der Waals surface area (Å²) in [5, 5.41) is 0. The number of fused-ring (bicyclic) bond motifs is 1. The van der Waals surface area contributed by atoms with Crippen molar-refractivity contribution in [2.24, 2.45) is 0 Å². The first-order chi connectivity index (χ1) is 5.40. The molecule has 0 unspecified atom stereocenters. The monoisotopic (exact) mass is 154 g/mol. The summed E-state index contributed by atoms with van der Waals surface area (Å²) in [6, 6.07) is 0. The SMILES string of the molecule is CCB1O[C@H]2CCCC[C@H]2O1. The maximum absolute atomic E-state index is 5.69. The van der Waals surface area contributed by atoms with Gasteiger partial charge in [0.15, 0.2) is 0 Å². The second kappa shape index (κ2) is 3.15. The van der Waals surface area contributed by atoms with Gasteiger partial charge >= 0.3 is 7.12 Å². The molecule has 0 amide bonds. The van der Waals surface area contributed by atoms with Crippen LogP contribution in [0.2, 0.25) is 6.32 Å². The number of rotatable bonds is 1. The van der Waals surface area contributed by atoms with E-state index in [4.69, 9.17) is 9.31 Å². The first-order valence-electron chi connectivity index (χ1n) is 4.71. The van der Waals surface area contributed by atoms with E-state index in [-0.39, 0.29) is 7.12 Å². The Kier molecular flexibility index (Phi) is 2.19. The molecule has 0 N–H and O–H groups in total. The van der Waals surface area contributed by atoms with Crippen LogP contribution in [0, 0.1) is 0 Å². The fourth-order valence-electron chi connectivity index (χ4n) is 1.99. The summed E-state index contributed by atoms with van der Waals surface area (Å²) >= 11 is 0. The fourth-order valence-corrected chi connectivity index (χ4v) is 1.99. The van der Waals surface area contributed by atoms with Gasteiger partial charge < -0.3 is 9.31 Å². The van der Waals surface area contributed by atoms with Gasteiger partial charge in [-0.15, -0.1) is 0 Å². The summed E-state index contributed by atoms with van der Waals surface area (Å²) in [5.41, 5.74) is 0. The van der Waals surface area contributed by atoms with Crippen LogP contribution < -0.4 is 0 Å². The largest absolute Gasteiger partial charge is 0.457 e. The van der Waals surface area contributed by atoms with Crippen LogP contribution in [0.1, 0.15) is 32.6 Å². The van der Waals surface area contributed by atoms with Crippen LogP contribution in [-0.4, -0.2) is 19.3 Å². The molecule has 0 aromatic rings. The molecule has 0 radical (unpaired) electrons. The molecule has 62 valence electrons. The lowest BCUT2D eigenvalue weighted by Crippen LogP contribution is -2.25. The highest BCUT2D eigenvalue weighted by Crippen LogP contribution is 2.30. The van der Waals surface area contributed by atoms with E-state index in [0.29, 0.717) is 12.2 Å². The smallest absolute Gasteiger partial charge is 0.406 e. The van der Waals surface area contributed by atoms with Gasteiger partial charge in [-0.25, -0.2) is 0 Å². The molecule has 2 rings (SSSR count). The molecular weight excluding hydrogens is 139 g/mol. The lowest BCUT2D eigenvalue weighted by Gasteiger charge is -2.22. The molecule has 0 aromatic heterocycles. The van der Waals surface area contributed by atoms with E-state index >= 15 is 0 Å². The van der Waals surface area contributed by atoms with Gasteiger partial charge in [0.25, 0.3) is 0 Å². The molecule has 2 fully saturated rings. The fraction of sp³-hybridized carbons (Fsp3) is 1.00. The molecule has 1 saturated heterocycles. The lowest BCUT2D eigenvalue weighted by atomic mass is 9.87. The molecule has 2 aliphatic rings. The van der Waals surface area contributed by atoms with Gasteiger partial charge in [0, 0.05) is 0 Å². The van der Waals surface area contributed by atoms with Crippen molar-refractivity contribution in [2.45, 2.75) is 51.1 Å². The Morgan fingerprint density at radius 1 is 1.18 bits per heavy atom. The van der Waals surface area contributed by atoms with Crippen molar-refractivity contribution in [3.05, 3.63) is 0 Å². The quantitative estimate of drug-likeness (QED) is 0.536. The van der Waals surface area contributed by atoms with Crippen molar-refractivity contribution in [1.29, 1.82) is 0 Å². The molecule has 2 nitrogen and oxygen atoms in total. The average Bonchev–Trinajstić information content (AvgIpc) is 2.46. The van der Waals surface area contributed by atoms with E-state index in [1.54, 1.807) is 0 Å². The van der Waals surface area contributed by atoms with Crippen molar-refractivity contribution >= 4 is 7.12 Å².